The van der Waals surface area contributed by atoms with Crippen LogP contribution in [0.1, 0.15) is 22.3 Å². The van der Waals surface area contributed by atoms with Crippen LogP contribution in [0.3, 0.4) is 0 Å². The Morgan fingerprint density at radius 1 is 0.939 bits per heavy atom. The first-order valence-electron chi connectivity index (χ1n) is 10.3. The Labute approximate surface area is 200 Å². The van der Waals surface area contributed by atoms with E-state index < -0.39 is 22.5 Å². The largest absolute Gasteiger partial charge is 0.495 e. The first-order valence-corrected chi connectivity index (χ1v) is 12.2. The number of nitrogens with one attached hydrogen (secondary N) is 1. The van der Waals surface area contributed by atoms with Gasteiger partial charge in [0, 0.05) is 10.7 Å². The van der Waals surface area contributed by atoms with Crippen molar-refractivity contribution < 1.29 is 17.9 Å². The molecule has 0 saturated heterocycles. The molecule has 0 aliphatic rings. The summed E-state index contributed by atoms with van der Waals surface area (Å²) in [5, 5.41) is 3.25. The maximum absolute atomic E-state index is 13.8. The molecule has 0 aromatic heterocycles. The van der Waals surface area contributed by atoms with Crippen molar-refractivity contribution in [1.82, 2.24) is 0 Å². The molecule has 0 saturated carbocycles. The maximum atomic E-state index is 13.8. The summed E-state index contributed by atoms with van der Waals surface area (Å²) in [5.74, 6) is -0.288. The van der Waals surface area contributed by atoms with Gasteiger partial charge in [-0.25, -0.2) is 8.42 Å². The van der Waals surface area contributed by atoms with Gasteiger partial charge in [-0.15, -0.1) is 0 Å². The van der Waals surface area contributed by atoms with Crippen molar-refractivity contribution in [3.63, 3.8) is 0 Å². The summed E-state index contributed by atoms with van der Waals surface area (Å²) in [6.07, 6.45) is 0. The lowest BCUT2D eigenvalue weighted by molar-refractivity contribution is -0.114. The molecule has 3 aromatic carbocycles. The predicted octanol–water partition coefficient (Wildman–Crippen LogP) is 5.42. The van der Waals surface area contributed by atoms with Gasteiger partial charge in [0.25, 0.3) is 10.0 Å². The van der Waals surface area contributed by atoms with Gasteiger partial charge in [0.15, 0.2) is 0 Å². The number of halogens is 1. The molecule has 3 rings (SSSR count). The number of nitrogens with zero attached hydrogens (tertiary/aromatic N) is 1. The van der Waals surface area contributed by atoms with Crippen LogP contribution in [-0.2, 0) is 14.8 Å². The summed E-state index contributed by atoms with van der Waals surface area (Å²) in [5.41, 5.74) is 4.44. The molecule has 0 spiro atoms. The van der Waals surface area contributed by atoms with Crippen molar-refractivity contribution in [1.29, 1.82) is 0 Å². The van der Waals surface area contributed by atoms with Crippen molar-refractivity contribution in [3.8, 4) is 5.75 Å². The molecule has 33 heavy (non-hydrogen) atoms. The van der Waals surface area contributed by atoms with Gasteiger partial charge < -0.3 is 10.1 Å². The zero-order chi connectivity index (χ0) is 24.3. The smallest absolute Gasteiger partial charge is 0.268 e. The molecular formula is C25H27ClN2O4S. The van der Waals surface area contributed by atoms with Crippen molar-refractivity contribution in [2.24, 2.45) is 0 Å². The number of aryl methyl sites for hydroxylation is 4. The molecule has 0 aliphatic heterocycles. The second-order valence-corrected chi connectivity index (χ2v) is 10.2. The van der Waals surface area contributed by atoms with Crippen LogP contribution in [0.5, 0.6) is 5.75 Å². The average molecular weight is 487 g/mol. The lowest BCUT2D eigenvalue weighted by Crippen LogP contribution is -2.38. The number of methoxy groups -OCH3 is 1. The number of benzene rings is 3. The number of carbonyl (C=O) groups is 1. The van der Waals surface area contributed by atoms with Gasteiger partial charge in [-0.2, -0.15) is 0 Å². The van der Waals surface area contributed by atoms with Crippen LogP contribution < -0.4 is 14.4 Å². The van der Waals surface area contributed by atoms with Crippen LogP contribution in [-0.4, -0.2) is 28.0 Å². The fourth-order valence-corrected chi connectivity index (χ4v) is 5.14. The second-order valence-electron chi connectivity index (χ2n) is 7.95. The van der Waals surface area contributed by atoms with Crippen LogP contribution in [0, 0.1) is 27.7 Å². The van der Waals surface area contributed by atoms with E-state index in [-0.39, 0.29) is 10.6 Å². The second kappa shape index (κ2) is 9.85. The van der Waals surface area contributed by atoms with E-state index in [0.29, 0.717) is 16.4 Å². The standard InChI is InChI=1S/C25H27ClN2O4S/c1-16-6-11-23(32-5)24(12-16)33(30,31)28(21-10-8-17(2)19(4)13-21)15-25(29)27-20-9-7-18(3)22(26)14-20/h6-14H,15H2,1-5H3,(H,27,29). The van der Waals surface area contributed by atoms with Gasteiger partial charge in [-0.05, 0) is 86.3 Å². The van der Waals surface area contributed by atoms with E-state index in [9.17, 15) is 13.2 Å². The van der Waals surface area contributed by atoms with Crippen LogP contribution in [0.15, 0.2) is 59.5 Å². The highest BCUT2D eigenvalue weighted by Gasteiger charge is 2.30. The number of carbonyl (C=O) groups excluding carboxylic acids is 1. The molecule has 0 radical (unpaired) electrons. The third-order valence-electron chi connectivity index (χ3n) is 5.41. The number of sulfonamides is 1. The van der Waals surface area contributed by atoms with E-state index >= 15 is 0 Å². The molecule has 1 N–H and O–H groups in total. The van der Waals surface area contributed by atoms with Crippen molar-refractivity contribution in [2.45, 2.75) is 32.6 Å². The number of rotatable bonds is 7. The monoisotopic (exact) mass is 486 g/mol. The molecule has 174 valence electrons. The molecule has 0 heterocycles. The molecule has 0 bridgehead atoms. The molecule has 8 heteroatoms. The van der Waals surface area contributed by atoms with Crippen LogP contribution in [0.2, 0.25) is 5.02 Å². The highest BCUT2D eigenvalue weighted by molar-refractivity contribution is 7.93. The minimum absolute atomic E-state index is 0.00518. The van der Waals surface area contributed by atoms with E-state index in [1.165, 1.54) is 7.11 Å². The third kappa shape index (κ3) is 5.49. The maximum Gasteiger partial charge on any atom is 0.268 e. The van der Waals surface area contributed by atoms with E-state index in [4.69, 9.17) is 16.3 Å². The number of amides is 1. The number of hydrogen-bond donors (Lipinski definition) is 1. The number of anilines is 2. The fraction of sp³-hybridized carbons (Fsp3) is 0.240. The molecule has 0 unspecified atom stereocenters. The summed E-state index contributed by atoms with van der Waals surface area (Å²) in [4.78, 5) is 12.9. The first-order chi connectivity index (χ1) is 15.5. The first kappa shape index (κ1) is 24.6. The SMILES string of the molecule is COc1ccc(C)cc1S(=O)(=O)N(CC(=O)Nc1ccc(C)c(Cl)c1)c1ccc(C)c(C)c1. The quantitative estimate of drug-likeness (QED) is 0.484. The van der Waals surface area contributed by atoms with Gasteiger partial charge in [-0.1, -0.05) is 29.8 Å². The van der Waals surface area contributed by atoms with Gasteiger partial charge in [0.1, 0.15) is 17.2 Å². The van der Waals surface area contributed by atoms with Crippen molar-refractivity contribution in [3.05, 3.63) is 81.9 Å². The van der Waals surface area contributed by atoms with Crippen LogP contribution in [0.4, 0.5) is 11.4 Å². The third-order valence-corrected chi connectivity index (χ3v) is 7.61. The molecule has 3 aromatic rings. The molecule has 0 fully saturated rings. The van der Waals surface area contributed by atoms with Crippen LogP contribution >= 0.6 is 11.6 Å². The summed E-state index contributed by atoms with van der Waals surface area (Å²) < 4.78 is 34.0. The Bertz CT molecular complexity index is 1310. The number of hydrogen-bond acceptors (Lipinski definition) is 4. The fourth-order valence-electron chi connectivity index (χ4n) is 3.30. The summed E-state index contributed by atoms with van der Waals surface area (Å²) in [7, 11) is -2.72. The Hall–Kier alpha value is -3.03. The summed E-state index contributed by atoms with van der Waals surface area (Å²) >= 11 is 6.16. The topological polar surface area (TPSA) is 75.7 Å². The number of ether oxygens (including phenoxy) is 1. The predicted molar refractivity (Wildman–Crippen MR) is 133 cm³/mol. The Morgan fingerprint density at radius 3 is 2.27 bits per heavy atom. The Balaban J connectivity index is 2.04. The molecule has 6 nitrogen and oxygen atoms in total. The lowest BCUT2D eigenvalue weighted by Gasteiger charge is -2.26. The van der Waals surface area contributed by atoms with Crippen LogP contribution in [0.25, 0.3) is 0 Å². The van der Waals surface area contributed by atoms with Gasteiger partial charge >= 0.3 is 0 Å². The van der Waals surface area contributed by atoms with E-state index in [1.807, 2.05) is 26.8 Å². The van der Waals surface area contributed by atoms with E-state index in [1.54, 1.807) is 55.5 Å². The highest BCUT2D eigenvalue weighted by Crippen LogP contribution is 2.32. The molecular weight excluding hydrogens is 460 g/mol. The van der Waals surface area contributed by atoms with E-state index in [2.05, 4.69) is 5.32 Å². The molecule has 0 aliphatic carbocycles. The van der Waals surface area contributed by atoms with Crippen molar-refractivity contribution >= 4 is 38.9 Å². The minimum atomic E-state index is -4.13. The lowest BCUT2D eigenvalue weighted by atomic mass is 10.1. The highest BCUT2D eigenvalue weighted by atomic mass is 35.5. The van der Waals surface area contributed by atoms with Gasteiger partial charge in [-0.3, -0.25) is 9.10 Å². The molecule has 0 atom stereocenters. The van der Waals surface area contributed by atoms with Crippen molar-refractivity contribution in [2.75, 3.05) is 23.3 Å². The minimum Gasteiger partial charge on any atom is -0.495 e. The normalized spacial score (nSPS) is 11.2. The van der Waals surface area contributed by atoms with Gasteiger partial charge in [0.05, 0.1) is 12.8 Å². The Morgan fingerprint density at radius 2 is 1.64 bits per heavy atom. The zero-order valence-electron chi connectivity index (χ0n) is 19.3. The Kier molecular flexibility index (Phi) is 7.34. The summed E-state index contributed by atoms with van der Waals surface area (Å²) in [6, 6.07) is 15.3. The molecule has 1 amide bonds. The van der Waals surface area contributed by atoms with E-state index in [0.717, 1.165) is 26.6 Å². The van der Waals surface area contributed by atoms with Gasteiger partial charge in [0.2, 0.25) is 5.91 Å². The summed E-state index contributed by atoms with van der Waals surface area (Å²) in [6.45, 7) is 7.07. The average Bonchev–Trinajstić information content (AvgIpc) is 2.76. The zero-order valence-corrected chi connectivity index (χ0v) is 20.8.